The fourth-order valence-electron chi connectivity index (χ4n) is 5.58. The molecule has 2 aliphatic rings. The van der Waals surface area contributed by atoms with E-state index in [2.05, 4.69) is 40.2 Å². The molecule has 0 saturated heterocycles. The molecule has 1 heterocycles. The van der Waals surface area contributed by atoms with Crippen LogP contribution in [-0.2, 0) is 14.8 Å². The Morgan fingerprint density at radius 1 is 0.886 bits per heavy atom. The van der Waals surface area contributed by atoms with E-state index in [1.807, 2.05) is 43.3 Å². The second kappa shape index (κ2) is 10.3. The molecule has 0 bridgehead atoms. The molecule has 1 aliphatic heterocycles. The van der Waals surface area contributed by atoms with Crippen molar-refractivity contribution >= 4 is 26.0 Å². The van der Waals surface area contributed by atoms with Gasteiger partial charge in [-0.2, -0.15) is 4.31 Å². The van der Waals surface area contributed by atoms with E-state index >= 15 is 0 Å². The molecule has 6 heteroatoms. The Bertz CT molecular complexity index is 1290. The summed E-state index contributed by atoms with van der Waals surface area (Å²) in [5.74, 6) is 1.27. The van der Waals surface area contributed by atoms with Gasteiger partial charge in [-0.1, -0.05) is 76.6 Å². The number of sulfonamides is 1. The minimum absolute atomic E-state index is 0.247. The van der Waals surface area contributed by atoms with Gasteiger partial charge in [0.15, 0.2) is 0 Å². The standard InChI is InChI=1S/C29H30BrNO3S/c1-2-34-29-20-27(22-11-7-4-8-12-22)31(35(32,33)25-16-14-24(30)15-17-25)28-19-23(13-18-26(28)29)21-9-5-3-6-10-21/h3-12,14-17,23,27-28H,2,13,18-20H2,1H3. The predicted molar refractivity (Wildman–Crippen MR) is 142 cm³/mol. The van der Waals surface area contributed by atoms with E-state index in [4.69, 9.17) is 4.74 Å². The Kier molecular flexibility index (Phi) is 7.14. The van der Waals surface area contributed by atoms with Crippen molar-refractivity contribution in [3.8, 4) is 0 Å². The summed E-state index contributed by atoms with van der Waals surface area (Å²) in [5, 5.41) is 0. The van der Waals surface area contributed by atoms with Crippen LogP contribution >= 0.6 is 15.9 Å². The van der Waals surface area contributed by atoms with Gasteiger partial charge in [0.25, 0.3) is 0 Å². The first-order chi connectivity index (χ1) is 17.0. The van der Waals surface area contributed by atoms with E-state index in [9.17, 15) is 8.42 Å². The maximum Gasteiger partial charge on any atom is 0.244 e. The summed E-state index contributed by atoms with van der Waals surface area (Å²) < 4.78 is 37.4. The van der Waals surface area contributed by atoms with Crippen LogP contribution in [0, 0.1) is 0 Å². The van der Waals surface area contributed by atoms with Crippen molar-refractivity contribution in [2.45, 2.75) is 55.5 Å². The largest absolute Gasteiger partial charge is 0.498 e. The van der Waals surface area contributed by atoms with Crippen molar-refractivity contribution in [3.63, 3.8) is 0 Å². The number of halogens is 1. The zero-order chi connectivity index (χ0) is 24.4. The fourth-order valence-corrected chi connectivity index (χ4v) is 7.65. The summed E-state index contributed by atoms with van der Waals surface area (Å²) in [7, 11) is -3.77. The molecule has 3 atom stereocenters. The quantitative estimate of drug-likeness (QED) is 0.325. The summed E-state index contributed by atoms with van der Waals surface area (Å²) in [6, 6.07) is 26.9. The maximum absolute atomic E-state index is 14.3. The van der Waals surface area contributed by atoms with E-state index in [0.29, 0.717) is 23.8 Å². The van der Waals surface area contributed by atoms with E-state index < -0.39 is 10.0 Å². The van der Waals surface area contributed by atoms with Gasteiger partial charge in [0, 0.05) is 10.9 Å². The van der Waals surface area contributed by atoms with Crippen LogP contribution in [0.2, 0.25) is 0 Å². The third kappa shape index (κ3) is 4.84. The highest BCUT2D eigenvalue weighted by Crippen LogP contribution is 2.49. The molecule has 4 nitrogen and oxygen atoms in total. The summed E-state index contributed by atoms with van der Waals surface area (Å²) in [6.07, 6.45) is 3.13. The number of rotatable bonds is 6. The van der Waals surface area contributed by atoms with Crippen LogP contribution in [0.15, 0.2) is 106 Å². The Balaban J connectivity index is 1.65. The Labute approximate surface area is 216 Å². The molecule has 1 aliphatic carbocycles. The summed E-state index contributed by atoms with van der Waals surface area (Å²) in [4.78, 5) is 0.322. The molecule has 3 unspecified atom stereocenters. The van der Waals surface area contributed by atoms with Gasteiger partial charge in [-0.3, -0.25) is 0 Å². The van der Waals surface area contributed by atoms with E-state index in [1.54, 1.807) is 28.6 Å². The molecule has 0 spiro atoms. The molecule has 3 aromatic rings. The van der Waals surface area contributed by atoms with E-state index in [0.717, 1.165) is 40.6 Å². The Morgan fingerprint density at radius 3 is 2.14 bits per heavy atom. The fraction of sp³-hybridized carbons (Fsp3) is 0.310. The molecule has 0 N–H and O–H groups in total. The zero-order valence-electron chi connectivity index (χ0n) is 19.8. The molecule has 0 aromatic heterocycles. The lowest BCUT2D eigenvalue weighted by Gasteiger charge is -2.46. The van der Waals surface area contributed by atoms with Crippen LogP contribution in [0.3, 0.4) is 0 Å². The highest BCUT2D eigenvalue weighted by atomic mass is 79.9. The first-order valence-corrected chi connectivity index (χ1v) is 14.5. The molecular weight excluding hydrogens is 522 g/mol. The molecular formula is C29H30BrNO3S. The molecule has 5 rings (SSSR count). The second-order valence-corrected chi connectivity index (χ2v) is 12.0. The normalized spacial score (nSPS) is 23.1. The van der Waals surface area contributed by atoms with Gasteiger partial charge < -0.3 is 4.74 Å². The first-order valence-electron chi connectivity index (χ1n) is 12.2. The van der Waals surface area contributed by atoms with Crippen LogP contribution in [-0.4, -0.2) is 25.4 Å². The van der Waals surface area contributed by atoms with Crippen molar-refractivity contribution in [1.82, 2.24) is 4.31 Å². The van der Waals surface area contributed by atoms with Crippen molar-refractivity contribution in [2.75, 3.05) is 6.61 Å². The van der Waals surface area contributed by atoms with Crippen molar-refractivity contribution in [2.24, 2.45) is 0 Å². The van der Waals surface area contributed by atoms with Gasteiger partial charge in [0.1, 0.15) is 0 Å². The number of ether oxygens (including phenoxy) is 1. The van der Waals surface area contributed by atoms with Gasteiger partial charge >= 0.3 is 0 Å². The lowest BCUT2D eigenvalue weighted by atomic mass is 9.75. The summed E-state index contributed by atoms with van der Waals surface area (Å²) in [5.41, 5.74) is 3.41. The smallest absolute Gasteiger partial charge is 0.244 e. The second-order valence-electron chi connectivity index (χ2n) is 9.20. The van der Waals surface area contributed by atoms with E-state index in [-0.39, 0.29) is 12.1 Å². The van der Waals surface area contributed by atoms with Crippen LogP contribution in [0.5, 0.6) is 0 Å². The monoisotopic (exact) mass is 551 g/mol. The van der Waals surface area contributed by atoms with Crippen molar-refractivity contribution < 1.29 is 13.2 Å². The van der Waals surface area contributed by atoms with Gasteiger partial charge in [0.05, 0.1) is 29.3 Å². The highest BCUT2D eigenvalue weighted by molar-refractivity contribution is 9.10. The van der Waals surface area contributed by atoms with Gasteiger partial charge in [0.2, 0.25) is 10.0 Å². The van der Waals surface area contributed by atoms with Gasteiger partial charge in [-0.25, -0.2) is 8.42 Å². The van der Waals surface area contributed by atoms with Crippen molar-refractivity contribution in [1.29, 1.82) is 0 Å². The third-order valence-corrected chi connectivity index (χ3v) is 9.65. The molecule has 1 saturated carbocycles. The average Bonchev–Trinajstić information content (AvgIpc) is 2.89. The zero-order valence-corrected chi connectivity index (χ0v) is 22.2. The van der Waals surface area contributed by atoms with Gasteiger partial charge in [-0.05, 0) is 73.1 Å². The molecule has 0 amide bonds. The van der Waals surface area contributed by atoms with Crippen molar-refractivity contribution in [3.05, 3.63) is 112 Å². The third-order valence-electron chi connectivity index (χ3n) is 7.19. The van der Waals surface area contributed by atoms with Crippen LogP contribution in [0.4, 0.5) is 0 Å². The van der Waals surface area contributed by atoms with E-state index in [1.165, 1.54) is 5.56 Å². The number of hydrogen-bond donors (Lipinski definition) is 0. The summed E-state index contributed by atoms with van der Waals surface area (Å²) in [6.45, 7) is 2.58. The number of benzene rings is 3. The first kappa shape index (κ1) is 24.3. The topological polar surface area (TPSA) is 46.6 Å². The summed E-state index contributed by atoms with van der Waals surface area (Å²) >= 11 is 3.44. The average molecular weight is 553 g/mol. The Hall–Kier alpha value is -2.41. The van der Waals surface area contributed by atoms with Crippen LogP contribution < -0.4 is 0 Å². The number of hydrogen-bond acceptors (Lipinski definition) is 3. The van der Waals surface area contributed by atoms with Crippen LogP contribution in [0.1, 0.15) is 55.7 Å². The lowest BCUT2D eigenvalue weighted by Crippen LogP contribution is -2.49. The molecule has 35 heavy (non-hydrogen) atoms. The molecule has 1 fully saturated rings. The Morgan fingerprint density at radius 2 is 1.51 bits per heavy atom. The molecule has 182 valence electrons. The molecule has 3 aromatic carbocycles. The predicted octanol–water partition coefficient (Wildman–Crippen LogP) is 7.21. The number of nitrogens with zero attached hydrogens (tertiary/aromatic N) is 1. The van der Waals surface area contributed by atoms with Crippen LogP contribution in [0.25, 0.3) is 0 Å². The maximum atomic E-state index is 14.3. The molecule has 0 radical (unpaired) electrons. The SMILES string of the molecule is CCOC1=C2CCC(c3ccccc3)CC2N(S(=O)(=O)c2ccc(Br)cc2)C(c2ccccc2)C1. The highest BCUT2D eigenvalue weighted by Gasteiger charge is 2.47. The lowest BCUT2D eigenvalue weighted by molar-refractivity contribution is 0.137. The minimum atomic E-state index is -3.77. The number of fused-ring (bicyclic) bond motifs is 1. The minimum Gasteiger partial charge on any atom is -0.498 e. The van der Waals surface area contributed by atoms with Gasteiger partial charge in [-0.15, -0.1) is 0 Å².